The minimum Gasteiger partial charge on any atom is -0.504 e. The number of ether oxygens (including phenoxy) is 2. The van der Waals surface area contributed by atoms with Gasteiger partial charge >= 0.3 is 5.97 Å². The fourth-order valence-corrected chi connectivity index (χ4v) is 3.25. The van der Waals surface area contributed by atoms with E-state index in [4.69, 9.17) is 9.15 Å². The van der Waals surface area contributed by atoms with E-state index in [1.54, 1.807) is 12.1 Å². The Kier molecular flexibility index (Phi) is 5.22. The SMILES string of the molecule is COC(=O)c1ccc(CN2C(=O)SC(=Cc3ccc(OC)c(O)c3)C2=O)o1. The van der Waals surface area contributed by atoms with E-state index in [2.05, 4.69) is 4.74 Å². The van der Waals surface area contributed by atoms with Crippen LogP contribution in [0.4, 0.5) is 4.79 Å². The monoisotopic (exact) mass is 389 g/mol. The molecule has 2 amide bonds. The normalized spacial score (nSPS) is 15.5. The van der Waals surface area contributed by atoms with E-state index in [0.717, 1.165) is 16.7 Å². The number of furan rings is 1. The number of thioether (sulfide) groups is 1. The number of nitrogens with zero attached hydrogens (tertiary/aromatic N) is 1. The lowest BCUT2D eigenvalue weighted by Gasteiger charge is -2.10. The van der Waals surface area contributed by atoms with Crippen LogP contribution in [0.25, 0.3) is 6.08 Å². The summed E-state index contributed by atoms with van der Waals surface area (Å²) in [5.74, 6) is -0.633. The maximum absolute atomic E-state index is 12.5. The van der Waals surface area contributed by atoms with Crippen LogP contribution in [0.2, 0.25) is 0 Å². The number of benzene rings is 1. The average molecular weight is 389 g/mol. The number of carbonyl (C=O) groups excluding carboxylic acids is 3. The number of amides is 2. The van der Waals surface area contributed by atoms with Gasteiger partial charge in [-0.05, 0) is 47.7 Å². The van der Waals surface area contributed by atoms with Gasteiger partial charge in [-0.15, -0.1) is 0 Å². The minimum atomic E-state index is -0.644. The van der Waals surface area contributed by atoms with Crippen molar-refractivity contribution in [3.63, 3.8) is 0 Å². The summed E-state index contributed by atoms with van der Waals surface area (Å²) in [5, 5.41) is 9.37. The van der Waals surface area contributed by atoms with E-state index in [1.807, 2.05) is 0 Å². The second-order valence-electron chi connectivity index (χ2n) is 5.46. The Bertz CT molecular complexity index is 947. The van der Waals surface area contributed by atoms with Crippen LogP contribution >= 0.6 is 11.8 Å². The topological polar surface area (TPSA) is 106 Å². The van der Waals surface area contributed by atoms with Crippen molar-refractivity contribution in [3.8, 4) is 11.5 Å². The molecule has 0 aliphatic carbocycles. The van der Waals surface area contributed by atoms with Gasteiger partial charge in [-0.1, -0.05) is 6.07 Å². The van der Waals surface area contributed by atoms with Crippen LogP contribution in [0.15, 0.2) is 39.7 Å². The molecule has 9 heteroatoms. The summed E-state index contributed by atoms with van der Waals surface area (Å²) in [5.41, 5.74) is 0.546. The highest BCUT2D eigenvalue weighted by atomic mass is 32.2. The molecule has 1 aromatic carbocycles. The van der Waals surface area contributed by atoms with Crippen molar-refractivity contribution in [2.24, 2.45) is 0 Å². The van der Waals surface area contributed by atoms with Crippen molar-refractivity contribution >= 4 is 35.0 Å². The molecule has 1 aromatic heterocycles. The van der Waals surface area contributed by atoms with E-state index in [0.29, 0.717) is 11.3 Å². The van der Waals surface area contributed by atoms with E-state index in [-0.39, 0.29) is 28.7 Å². The highest BCUT2D eigenvalue weighted by Crippen LogP contribution is 2.35. The molecular formula is C18H15NO7S. The van der Waals surface area contributed by atoms with Gasteiger partial charge in [-0.25, -0.2) is 4.79 Å². The van der Waals surface area contributed by atoms with E-state index in [1.165, 1.54) is 38.5 Å². The molecule has 0 spiro atoms. The molecule has 0 radical (unpaired) electrons. The van der Waals surface area contributed by atoms with Gasteiger partial charge in [-0.3, -0.25) is 14.5 Å². The number of hydrogen-bond donors (Lipinski definition) is 1. The predicted octanol–water partition coefficient (Wildman–Crippen LogP) is 3.02. The molecule has 1 aliphatic heterocycles. The molecule has 1 aliphatic rings. The highest BCUT2D eigenvalue weighted by Gasteiger charge is 2.35. The Morgan fingerprint density at radius 2 is 2.04 bits per heavy atom. The number of phenolic OH excluding ortho intramolecular Hbond substituents is 1. The second kappa shape index (κ2) is 7.58. The first-order valence-electron chi connectivity index (χ1n) is 7.72. The smallest absolute Gasteiger partial charge is 0.373 e. The standard InChI is InChI=1S/C18H15NO7S/c1-24-13-5-3-10(7-12(13)20)8-15-16(21)19(18(23)27-15)9-11-4-6-14(26-11)17(22)25-2/h3-8,20H,9H2,1-2H3. The second-order valence-corrected chi connectivity index (χ2v) is 6.45. The van der Waals surface area contributed by atoms with E-state index < -0.39 is 17.1 Å². The van der Waals surface area contributed by atoms with Crippen LogP contribution in [0.1, 0.15) is 21.9 Å². The zero-order valence-corrected chi connectivity index (χ0v) is 15.2. The number of rotatable bonds is 5. The Morgan fingerprint density at radius 1 is 1.26 bits per heavy atom. The van der Waals surface area contributed by atoms with Crippen molar-refractivity contribution < 1.29 is 33.4 Å². The van der Waals surface area contributed by atoms with Gasteiger partial charge in [0.15, 0.2) is 11.5 Å². The third-order valence-electron chi connectivity index (χ3n) is 3.74. The quantitative estimate of drug-likeness (QED) is 0.614. The molecule has 1 saturated heterocycles. The number of aromatic hydroxyl groups is 1. The molecule has 2 aromatic rings. The largest absolute Gasteiger partial charge is 0.504 e. The molecular weight excluding hydrogens is 374 g/mol. The lowest BCUT2D eigenvalue weighted by atomic mass is 10.2. The molecule has 2 heterocycles. The maximum atomic E-state index is 12.5. The first-order chi connectivity index (χ1) is 12.9. The Labute approximate surface area is 158 Å². The lowest BCUT2D eigenvalue weighted by Crippen LogP contribution is -2.27. The van der Waals surface area contributed by atoms with Gasteiger partial charge in [0.25, 0.3) is 11.1 Å². The average Bonchev–Trinajstić information content (AvgIpc) is 3.22. The highest BCUT2D eigenvalue weighted by molar-refractivity contribution is 8.18. The summed E-state index contributed by atoms with van der Waals surface area (Å²) in [6.07, 6.45) is 1.51. The Balaban J connectivity index is 1.77. The van der Waals surface area contributed by atoms with Crippen molar-refractivity contribution in [3.05, 3.63) is 52.3 Å². The predicted molar refractivity (Wildman–Crippen MR) is 96.2 cm³/mol. The summed E-state index contributed by atoms with van der Waals surface area (Å²) in [4.78, 5) is 37.3. The number of esters is 1. The Hall–Kier alpha value is -3.20. The number of phenols is 1. The zero-order valence-electron chi connectivity index (χ0n) is 14.4. The molecule has 0 atom stereocenters. The van der Waals surface area contributed by atoms with Gasteiger partial charge in [0.1, 0.15) is 5.76 Å². The van der Waals surface area contributed by atoms with Crippen LogP contribution in [0.5, 0.6) is 11.5 Å². The van der Waals surface area contributed by atoms with Crippen LogP contribution in [0, 0.1) is 0 Å². The van der Waals surface area contributed by atoms with Crippen molar-refractivity contribution in [2.75, 3.05) is 14.2 Å². The number of carbonyl (C=O) groups is 3. The molecule has 1 N–H and O–H groups in total. The molecule has 8 nitrogen and oxygen atoms in total. The maximum Gasteiger partial charge on any atom is 0.373 e. The van der Waals surface area contributed by atoms with Crippen LogP contribution < -0.4 is 4.74 Å². The molecule has 0 unspecified atom stereocenters. The summed E-state index contributed by atoms with van der Waals surface area (Å²) >= 11 is 0.782. The van der Waals surface area contributed by atoms with Crippen LogP contribution in [-0.4, -0.2) is 41.3 Å². The summed E-state index contributed by atoms with van der Waals surface area (Å²) < 4.78 is 14.8. The molecule has 140 valence electrons. The third kappa shape index (κ3) is 3.82. The lowest BCUT2D eigenvalue weighted by molar-refractivity contribution is -0.123. The number of hydrogen-bond acceptors (Lipinski definition) is 8. The first-order valence-corrected chi connectivity index (χ1v) is 8.54. The van der Waals surface area contributed by atoms with Crippen LogP contribution in [-0.2, 0) is 16.1 Å². The van der Waals surface area contributed by atoms with Crippen molar-refractivity contribution in [1.82, 2.24) is 4.90 Å². The van der Waals surface area contributed by atoms with Crippen LogP contribution in [0.3, 0.4) is 0 Å². The molecule has 0 saturated carbocycles. The summed E-state index contributed by atoms with van der Waals surface area (Å²) in [6.45, 7) is -0.104. The molecule has 0 bridgehead atoms. The van der Waals surface area contributed by atoms with Gasteiger partial charge in [0.2, 0.25) is 5.76 Å². The van der Waals surface area contributed by atoms with Crippen molar-refractivity contribution in [2.45, 2.75) is 6.54 Å². The minimum absolute atomic E-state index is 0.0104. The zero-order chi connectivity index (χ0) is 19.6. The van der Waals surface area contributed by atoms with Gasteiger partial charge in [0, 0.05) is 0 Å². The van der Waals surface area contributed by atoms with E-state index in [9.17, 15) is 19.5 Å². The first kappa shape index (κ1) is 18.6. The fraction of sp³-hybridized carbons (Fsp3) is 0.167. The van der Waals surface area contributed by atoms with E-state index >= 15 is 0 Å². The molecule has 3 rings (SSSR count). The number of imide groups is 1. The summed E-state index contributed by atoms with van der Waals surface area (Å²) in [7, 11) is 2.66. The summed E-state index contributed by atoms with van der Waals surface area (Å²) in [6, 6.07) is 7.56. The van der Waals surface area contributed by atoms with Gasteiger partial charge < -0.3 is 19.0 Å². The number of methoxy groups -OCH3 is 2. The van der Waals surface area contributed by atoms with Gasteiger partial charge in [-0.2, -0.15) is 0 Å². The third-order valence-corrected chi connectivity index (χ3v) is 4.64. The molecule has 27 heavy (non-hydrogen) atoms. The van der Waals surface area contributed by atoms with Crippen molar-refractivity contribution in [1.29, 1.82) is 0 Å². The Morgan fingerprint density at radius 3 is 2.70 bits per heavy atom. The fourth-order valence-electron chi connectivity index (χ4n) is 2.41. The van der Waals surface area contributed by atoms with Gasteiger partial charge in [0.05, 0.1) is 25.7 Å². The molecule has 1 fully saturated rings.